The maximum atomic E-state index is 13.3. The fourth-order valence-corrected chi connectivity index (χ4v) is 4.98. The molecule has 1 N–H and O–H groups in total. The molecule has 0 spiro atoms. The molecule has 0 bridgehead atoms. The summed E-state index contributed by atoms with van der Waals surface area (Å²) in [5.41, 5.74) is 1.71. The van der Waals surface area contributed by atoms with Gasteiger partial charge in [0.2, 0.25) is 0 Å². The molecule has 0 saturated carbocycles. The number of urea groups is 1. The van der Waals surface area contributed by atoms with Crippen LogP contribution in [0.5, 0.6) is 5.75 Å². The molecule has 37 heavy (non-hydrogen) atoms. The fraction of sp³-hybridized carbons (Fsp3) is 0.0370. The zero-order valence-electron chi connectivity index (χ0n) is 19.1. The maximum absolute atomic E-state index is 13.3. The number of halogens is 3. The number of nitrogens with zero attached hydrogens (tertiary/aromatic N) is 1. The number of carbonyl (C=O) groups is 4. The second kappa shape index (κ2) is 11.2. The summed E-state index contributed by atoms with van der Waals surface area (Å²) in [6.45, 7) is 1.75. The Hall–Kier alpha value is -3.53. The van der Waals surface area contributed by atoms with E-state index in [9.17, 15) is 19.2 Å². The third-order valence-electron chi connectivity index (χ3n) is 5.28. The zero-order chi connectivity index (χ0) is 26.7. The molecule has 0 aromatic heterocycles. The molecule has 0 unspecified atom stereocenters. The summed E-state index contributed by atoms with van der Waals surface area (Å²) in [4.78, 5) is 52.0. The molecular weight excluding hydrogens is 628 g/mol. The molecule has 0 atom stereocenters. The highest BCUT2D eigenvalue weighted by atomic mass is 79.9. The van der Waals surface area contributed by atoms with Gasteiger partial charge in [0.25, 0.3) is 11.8 Å². The summed E-state index contributed by atoms with van der Waals surface area (Å²) in [5.74, 6) is -2.27. The van der Waals surface area contributed by atoms with Crippen LogP contribution in [0.2, 0.25) is 5.02 Å². The number of rotatable bonds is 5. The molecule has 3 aromatic carbocycles. The molecule has 3 aromatic rings. The topological polar surface area (TPSA) is 92.8 Å². The molecular formula is C27H17Br2ClN2O5. The number of amides is 4. The largest absolute Gasteiger partial charge is 0.422 e. The first-order chi connectivity index (χ1) is 17.6. The number of para-hydroxylation sites is 1. The smallest absolute Gasteiger partial charge is 0.336 e. The third-order valence-corrected chi connectivity index (χ3v) is 6.58. The van der Waals surface area contributed by atoms with Crippen LogP contribution < -0.4 is 15.0 Å². The van der Waals surface area contributed by atoms with Gasteiger partial charge in [0.05, 0.1) is 10.2 Å². The van der Waals surface area contributed by atoms with E-state index in [-0.39, 0.29) is 16.9 Å². The van der Waals surface area contributed by atoms with Crippen molar-refractivity contribution in [3.05, 3.63) is 103 Å². The molecule has 4 rings (SSSR count). The SMILES string of the molecule is Cc1ccccc1N1C(=O)NC(=O)/C(=C/c2cc(Br)cc(Br)c2OC(=O)/C=C/c2ccc(Cl)cc2)C1=O. The van der Waals surface area contributed by atoms with E-state index in [0.717, 1.165) is 10.5 Å². The van der Waals surface area contributed by atoms with Crippen molar-refractivity contribution in [3.63, 3.8) is 0 Å². The monoisotopic (exact) mass is 642 g/mol. The van der Waals surface area contributed by atoms with E-state index in [1.165, 1.54) is 12.2 Å². The molecule has 1 saturated heterocycles. The third kappa shape index (κ3) is 6.07. The van der Waals surface area contributed by atoms with Crippen molar-refractivity contribution in [3.8, 4) is 5.75 Å². The van der Waals surface area contributed by atoms with Gasteiger partial charge in [0.1, 0.15) is 5.57 Å². The molecule has 4 amide bonds. The van der Waals surface area contributed by atoms with Gasteiger partial charge in [0, 0.05) is 21.1 Å². The van der Waals surface area contributed by atoms with Gasteiger partial charge in [-0.25, -0.2) is 14.5 Å². The summed E-state index contributed by atoms with van der Waals surface area (Å²) in [6.07, 6.45) is 4.08. The van der Waals surface area contributed by atoms with Crippen LogP contribution in [0, 0.1) is 6.92 Å². The van der Waals surface area contributed by atoms with Crippen LogP contribution in [0.4, 0.5) is 10.5 Å². The number of barbiturate groups is 1. The predicted molar refractivity (Wildman–Crippen MR) is 148 cm³/mol. The minimum atomic E-state index is -0.865. The quantitative estimate of drug-likeness (QED) is 0.149. The van der Waals surface area contributed by atoms with Crippen LogP contribution in [-0.2, 0) is 14.4 Å². The van der Waals surface area contributed by atoms with Crippen LogP contribution in [-0.4, -0.2) is 23.8 Å². The first-order valence-electron chi connectivity index (χ1n) is 10.8. The normalized spacial score (nSPS) is 14.9. The van der Waals surface area contributed by atoms with E-state index < -0.39 is 23.8 Å². The van der Waals surface area contributed by atoms with Gasteiger partial charge in [-0.3, -0.25) is 14.9 Å². The van der Waals surface area contributed by atoms with Crippen LogP contribution in [0.25, 0.3) is 12.2 Å². The van der Waals surface area contributed by atoms with Crippen LogP contribution in [0.15, 0.2) is 81.3 Å². The number of anilines is 1. The lowest BCUT2D eigenvalue weighted by Gasteiger charge is -2.27. The molecule has 1 aliphatic heterocycles. The lowest BCUT2D eigenvalue weighted by molar-refractivity contribution is -0.129. The Labute approximate surface area is 234 Å². The molecule has 1 heterocycles. The van der Waals surface area contributed by atoms with E-state index in [1.54, 1.807) is 73.7 Å². The van der Waals surface area contributed by atoms with Crippen molar-refractivity contribution < 1.29 is 23.9 Å². The van der Waals surface area contributed by atoms with Crippen molar-refractivity contribution in [1.29, 1.82) is 0 Å². The van der Waals surface area contributed by atoms with Crippen LogP contribution >= 0.6 is 43.5 Å². The highest BCUT2D eigenvalue weighted by Crippen LogP contribution is 2.35. The number of hydrogen-bond donors (Lipinski definition) is 1. The number of nitrogens with one attached hydrogen (secondary N) is 1. The van der Waals surface area contributed by atoms with Gasteiger partial charge in [-0.1, -0.05) is 57.9 Å². The second-order valence-electron chi connectivity index (χ2n) is 7.86. The Balaban J connectivity index is 1.69. The highest BCUT2D eigenvalue weighted by molar-refractivity contribution is 9.11. The summed E-state index contributed by atoms with van der Waals surface area (Å²) in [5, 5.41) is 2.76. The van der Waals surface area contributed by atoms with Crippen molar-refractivity contribution in [1.82, 2.24) is 5.32 Å². The van der Waals surface area contributed by atoms with Crippen molar-refractivity contribution in [2.45, 2.75) is 6.92 Å². The van der Waals surface area contributed by atoms with E-state index in [0.29, 0.717) is 25.2 Å². The summed E-state index contributed by atoms with van der Waals surface area (Å²) < 4.78 is 6.55. The standard InChI is InChI=1S/C27H17Br2ClN2O5/c1-15-4-2-3-5-22(15)32-26(35)20(25(34)31-27(32)36)13-17-12-18(28)14-21(29)24(17)37-23(33)11-8-16-6-9-19(30)10-7-16/h2-14H,1H3,(H,31,34,36)/b11-8+,20-13-. The fourth-order valence-electron chi connectivity index (χ4n) is 3.51. The van der Waals surface area contributed by atoms with Crippen molar-refractivity contribution in [2.75, 3.05) is 4.90 Å². The number of benzene rings is 3. The number of imide groups is 2. The first kappa shape index (κ1) is 26.5. The average Bonchev–Trinajstić information content (AvgIpc) is 2.84. The number of carbonyl (C=O) groups excluding carboxylic acids is 4. The lowest BCUT2D eigenvalue weighted by Crippen LogP contribution is -2.54. The van der Waals surface area contributed by atoms with Gasteiger partial charge in [-0.2, -0.15) is 0 Å². The molecule has 7 nitrogen and oxygen atoms in total. The highest BCUT2D eigenvalue weighted by Gasteiger charge is 2.37. The van der Waals surface area contributed by atoms with Gasteiger partial charge < -0.3 is 4.74 Å². The van der Waals surface area contributed by atoms with Crippen molar-refractivity contribution >= 4 is 85.1 Å². The van der Waals surface area contributed by atoms with E-state index >= 15 is 0 Å². The van der Waals surface area contributed by atoms with Crippen molar-refractivity contribution in [2.24, 2.45) is 0 Å². The minimum Gasteiger partial charge on any atom is -0.422 e. The molecule has 186 valence electrons. The van der Waals surface area contributed by atoms with Gasteiger partial charge in [0.15, 0.2) is 5.75 Å². The number of aryl methyl sites for hydroxylation is 1. The minimum absolute atomic E-state index is 0.0846. The summed E-state index contributed by atoms with van der Waals surface area (Å²) in [7, 11) is 0. The Morgan fingerprint density at radius 2 is 1.73 bits per heavy atom. The zero-order valence-corrected chi connectivity index (χ0v) is 23.1. The van der Waals surface area contributed by atoms with E-state index in [1.807, 2.05) is 0 Å². The maximum Gasteiger partial charge on any atom is 0.336 e. The van der Waals surface area contributed by atoms with Gasteiger partial charge in [-0.05, 0) is 76.5 Å². The summed E-state index contributed by atoms with van der Waals surface area (Å²) in [6, 6.07) is 16.1. The molecule has 10 heteroatoms. The lowest BCUT2D eigenvalue weighted by atomic mass is 10.0. The van der Waals surface area contributed by atoms with Gasteiger partial charge in [-0.15, -0.1) is 0 Å². The molecule has 0 aliphatic carbocycles. The molecule has 1 fully saturated rings. The Morgan fingerprint density at radius 1 is 1.03 bits per heavy atom. The van der Waals surface area contributed by atoms with Gasteiger partial charge >= 0.3 is 12.0 Å². The predicted octanol–water partition coefficient (Wildman–Crippen LogP) is 6.46. The molecule has 1 aliphatic rings. The number of esters is 1. The Morgan fingerprint density at radius 3 is 2.43 bits per heavy atom. The van der Waals surface area contributed by atoms with E-state index in [4.69, 9.17) is 16.3 Å². The summed E-state index contributed by atoms with van der Waals surface area (Å²) >= 11 is 12.6. The number of hydrogen-bond acceptors (Lipinski definition) is 5. The molecule has 0 radical (unpaired) electrons. The average molecular weight is 645 g/mol. The second-order valence-corrected chi connectivity index (χ2v) is 10.1. The van der Waals surface area contributed by atoms with Crippen LogP contribution in [0.1, 0.15) is 16.7 Å². The number of ether oxygens (including phenoxy) is 1. The van der Waals surface area contributed by atoms with E-state index in [2.05, 4.69) is 37.2 Å². The Kier molecular flexibility index (Phi) is 8.06. The Bertz CT molecular complexity index is 1500. The van der Waals surface area contributed by atoms with Crippen LogP contribution in [0.3, 0.4) is 0 Å². The first-order valence-corrected chi connectivity index (χ1v) is 12.7.